The Kier molecular flexibility index (Phi) is 6.87. The van der Waals surface area contributed by atoms with Gasteiger partial charge in [0.15, 0.2) is 0 Å². The Labute approximate surface area is 173 Å². The number of piperidine rings is 1. The van der Waals surface area contributed by atoms with Crippen LogP contribution >= 0.6 is 0 Å². The van der Waals surface area contributed by atoms with Crippen molar-refractivity contribution in [1.82, 2.24) is 9.62 Å². The number of hydrogen-bond acceptors (Lipinski definition) is 3. The zero-order chi connectivity index (χ0) is 20.9. The van der Waals surface area contributed by atoms with Crippen LogP contribution < -0.4 is 5.32 Å². The van der Waals surface area contributed by atoms with Crippen LogP contribution in [-0.2, 0) is 14.8 Å². The summed E-state index contributed by atoms with van der Waals surface area (Å²) in [6.07, 6.45) is 2.67. The van der Waals surface area contributed by atoms with Gasteiger partial charge in [0.2, 0.25) is 15.9 Å². The molecule has 29 heavy (non-hydrogen) atoms. The molecule has 0 aliphatic carbocycles. The second-order valence-corrected chi connectivity index (χ2v) is 9.34. The summed E-state index contributed by atoms with van der Waals surface area (Å²) in [4.78, 5) is 12.7. The number of carbonyl (C=O) groups excluding carboxylic acids is 1. The normalized spacial score (nSPS) is 17.3. The lowest BCUT2D eigenvalue weighted by molar-refractivity contribution is -0.126. The van der Waals surface area contributed by atoms with Crippen LogP contribution in [0.25, 0.3) is 6.08 Å². The maximum Gasteiger partial charge on any atom is 0.236 e. The minimum atomic E-state index is -3.48. The first kappa shape index (κ1) is 21.3. The van der Waals surface area contributed by atoms with Gasteiger partial charge >= 0.3 is 0 Å². The third-order valence-electron chi connectivity index (χ3n) is 5.43. The van der Waals surface area contributed by atoms with Gasteiger partial charge in [0.1, 0.15) is 0 Å². The summed E-state index contributed by atoms with van der Waals surface area (Å²) in [6.45, 7) is 4.73. The predicted octanol–water partition coefficient (Wildman–Crippen LogP) is 3.88. The van der Waals surface area contributed by atoms with Crippen molar-refractivity contribution in [2.24, 2.45) is 5.92 Å². The van der Waals surface area contributed by atoms with Gasteiger partial charge in [0.25, 0.3) is 0 Å². The number of carbonyl (C=O) groups is 1. The summed E-state index contributed by atoms with van der Waals surface area (Å²) in [7, 11) is -3.48. The van der Waals surface area contributed by atoms with E-state index in [-0.39, 0.29) is 17.9 Å². The molecule has 0 unspecified atom stereocenters. The van der Waals surface area contributed by atoms with E-state index in [1.54, 1.807) is 6.08 Å². The van der Waals surface area contributed by atoms with Crippen molar-refractivity contribution in [3.05, 3.63) is 76.7 Å². The van der Waals surface area contributed by atoms with Gasteiger partial charge in [-0.15, -0.1) is 0 Å². The highest BCUT2D eigenvalue weighted by Crippen LogP contribution is 2.23. The van der Waals surface area contributed by atoms with Crippen LogP contribution in [0.15, 0.2) is 60.0 Å². The van der Waals surface area contributed by atoms with E-state index in [2.05, 4.69) is 5.32 Å². The van der Waals surface area contributed by atoms with Crippen LogP contribution in [0, 0.1) is 12.8 Å². The summed E-state index contributed by atoms with van der Waals surface area (Å²) in [5.74, 6) is -0.163. The Balaban J connectivity index is 1.55. The van der Waals surface area contributed by atoms with E-state index in [0.29, 0.717) is 25.9 Å². The SMILES string of the molecule is Cc1ccccc1[C@@H](C)NC(=O)C1CCN(S(=O)(=O)/C=C/c2ccccc2)CC1. The molecule has 3 rings (SSSR count). The molecule has 0 spiro atoms. The number of nitrogens with one attached hydrogen (secondary N) is 1. The highest BCUT2D eigenvalue weighted by atomic mass is 32.2. The number of hydrogen-bond donors (Lipinski definition) is 1. The Hall–Kier alpha value is -2.44. The monoisotopic (exact) mass is 412 g/mol. The molecule has 1 saturated heterocycles. The fourth-order valence-electron chi connectivity index (χ4n) is 3.67. The van der Waals surface area contributed by atoms with Crippen molar-refractivity contribution in [2.45, 2.75) is 32.7 Å². The van der Waals surface area contributed by atoms with E-state index in [1.165, 1.54) is 9.71 Å². The molecule has 2 aromatic carbocycles. The van der Waals surface area contributed by atoms with Gasteiger partial charge in [-0.1, -0.05) is 54.6 Å². The number of sulfonamides is 1. The Bertz CT molecular complexity index is 963. The van der Waals surface area contributed by atoms with Crippen LogP contribution in [0.5, 0.6) is 0 Å². The van der Waals surface area contributed by atoms with Crippen molar-refractivity contribution in [1.29, 1.82) is 0 Å². The lowest BCUT2D eigenvalue weighted by atomic mass is 9.96. The van der Waals surface area contributed by atoms with Crippen molar-refractivity contribution in [2.75, 3.05) is 13.1 Å². The molecule has 2 aromatic rings. The van der Waals surface area contributed by atoms with Gasteiger partial charge < -0.3 is 5.32 Å². The molecule has 6 heteroatoms. The molecule has 0 aromatic heterocycles. The third-order valence-corrected chi connectivity index (χ3v) is 7.00. The number of aryl methyl sites for hydroxylation is 1. The molecule has 1 heterocycles. The molecule has 1 N–H and O–H groups in total. The van der Waals surface area contributed by atoms with Gasteiger partial charge in [-0.3, -0.25) is 4.79 Å². The second-order valence-electron chi connectivity index (χ2n) is 7.52. The van der Waals surface area contributed by atoms with Gasteiger partial charge in [-0.25, -0.2) is 8.42 Å². The molecule has 1 atom stereocenters. The molecule has 154 valence electrons. The topological polar surface area (TPSA) is 66.5 Å². The molecular formula is C23H28N2O3S. The van der Waals surface area contributed by atoms with E-state index in [1.807, 2.05) is 68.4 Å². The number of rotatable bonds is 6. The lowest BCUT2D eigenvalue weighted by Gasteiger charge is -2.30. The van der Waals surface area contributed by atoms with Gasteiger partial charge in [0, 0.05) is 24.4 Å². The van der Waals surface area contributed by atoms with E-state index in [4.69, 9.17) is 0 Å². The molecule has 1 amide bonds. The molecule has 1 aliphatic heterocycles. The van der Waals surface area contributed by atoms with Crippen molar-refractivity contribution in [3.8, 4) is 0 Å². The second kappa shape index (κ2) is 9.37. The van der Waals surface area contributed by atoms with E-state index >= 15 is 0 Å². The molecule has 1 fully saturated rings. The minimum Gasteiger partial charge on any atom is -0.349 e. The van der Waals surface area contributed by atoms with E-state index in [9.17, 15) is 13.2 Å². The first-order chi connectivity index (χ1) is 13.9. The molecule has 0 bridgehead atoms. The fraction of sp³-hybridized carbons (Fsp3) is 0.348. The Morgan fingerprint density at radius 2 is 1.69 bits per heavy atom. The largest absolute Gasteiger partial charge is 0.349 e. The summed E-state index contributed by atoms with van der Waals surface area (Å²) in [5, 5.41) is 4.34. The minimum absolute atomic E-state index is 0.00220. The molecule has 1 aliphatic rings. The number of nitrogens with zero attached hydrogens (tertiary/aromatic N) is 1. The first-order valence-corrected chi connectivity index (χ1v) is 11.5. The summed E-state index contributed by atoms with van der Waals surface area (Å²) < 4.78 is 26.6. The average molecular weight is 413 g/mol. The van der Waals surface area contributed by atoms with E-state index < -0.39 is 10.0 Å². The maximum absolute atomic E-state index is 12.7. The van der Waals surface area contributed by atoms with Crippen LogP contribution in [0.1, 0.15) is 42.5 Å². The predicted molar refractivity (Wildman–Crippen MR) is 116 cm³/mol. The standard InChI is InChI=1S/C23H28N2O3S/c1-18-8-6-7-11-22(18)19(2)24-23(26)21-12-15-25(16-13-21)29(27,28)17-14-20-9-4-3-5-10-20/h3-11,14,17,19,21H,12-13,15-16H2,1-2H3,(H,24,26)/b17-14+/t19-/m1/s1. The van der Waals surface area contributed by atoms with Crippen molar-refractivity contribution >= 4 is 22.0 Å². The summed E-state index contributed by atoms with van der Waals surface area (Å²) >= 11 is 0. The first-order valence-electron chi connectivity index (χ1n) is 9.96. The summed E-state index contributed by atoms with van der Waals surface area (Å²) in [5.41, 5.74) is 3.09. The van der Waals surface area contributed by atoms with Crippen LogP contribution in [0.4, 0.5) is 0 Å². The zero-order valence-corrected chi connectivity index (χ0v) is 17.7. The number of amides is 1. The zero-order valence-electron chi connectivity index (χ0n) is 16.9. The fourth-order valence-corrected chi connectivity index (χ4v) is 4.89. The van der Waals surface area contributed by atoms with Gasteiger partial charge in [0.05, 0.1) is 6.04 Å². The molecule has 0 saturated carbocycles. The lowest BCUT2D eigenvalue weighted by Crippen LogP contribution is -2.42. The molecule has 0 radical (unpaired) electrons. The smallest absolute Gasteiger partial charge is 0.236 e. The van der Waals surface area contributed by atoms with Gasteiger partial charge in [-0.2, -0.15) is 4.31 Å². The highest BCUT2D eigenvalue weighted by Gasteiger charge is 2.30. The third kappa shape index (κ3) is 5.55. The van der Waals surface area contributed by atoms with Crippen molar-refractivity contribution in [3.63, 3.8) is 0 Å². The van der Waals surface area contributed by atoms with Gasteiger partial charge in [-0.05, 0) is 49.5 Å². The van der Waals surface area contributed by atoms with Crippen LogP contribution in [0.3, 0.4) is 0 Å². The Morgan fingerprint density at radius 1 is 1.07 bits per heavy atom. The van der Waals surface area contributed by atoms with Crippen LogP contribution in [-0.4, -0.2) is 31.7 Å². The number of benzene rings is 2. The highest BCUT2D eigenvalue weighted by molar-refractivity contribution is 7.92. The average Bonchev–Trinajstić information content (AvgIpc) is 2.73. The maximum atomic E-state index is 12.7. The van der Waals surface area contributed by atoms with E-state index in [0.717, 1.165) is 16.7 Å². The van der Waals surface area contributed by atoms with Crippen LogP contribution in [0.2, 0.25) is 0 Å². The summed E-state index contributed by atoms with van der Waals surface area (Å²) in [6, 6.07) is 17.3. The van der Waals surface area contributed by atoms with Crippen molar-refractivity contribution < 1.29 is 13.2 Å². The molecule has 5 nitrogen and oxygen atoms in total. The Morgan fingerprint density at radius 3 is 2.34 bits per heavy atom. The molecular weight excluding hydrogens is 384 g/mol. The quantitative estimate of drug-likeness (QED) is 0.783.